The fraction of sp³-hybridized carbons (Fsp3) is 0.467. The third kappa shape index (κ3) is 6.33. The number of nitrogens with zero attached hydrogens (tertiary/aromatic N) is 1. The van der Waals surface area contributed by atoms with Crippen LogP contribution in [0.5, 0.6) is 0 Å². The lowest BCUT2D eigenvalue weighted by Crippen LogP contribution is -2.39. The Labute approximate surface area is 120 Å². The van der Waals surface area contributed by atoms with Crippen molar-refractivity contribution in [3.8, 4) is 0 Å². The molecule has 0 aliphatic rings. The normalized spacial score (nSPS) is 10.4. The maximum atomic E-state index is 11.7. The van der Waals surface area contributed by atoms with Gasteiger partial charge < -0.3 is 10.6 Å². The summed E-state index contributed by atoms with van der Waals surface area (Å²) in [6.07, 6.45) is 0. The minimum absolute atomic E-state index is 0.0357. The van der Waals surface area contributed by atoms with Crippen LogP contribution in [-0.2, 0) is 16.1 Å². The van der Waals surface area contributed by atoms with Crippen LogP contribution in [-0.4, -0.2) is 43.4 Å². The van der Waals surface area contributed by atoms with E-state index in [4.69, 9.17) is 0 Å². The molecule has 110 valence electrons. The van der Waals surface area contributed by atoms with Crippen LogP contribution in [0.2, 0.25) is 0 Å². The van der Waals surface area contributed by atoms with Crippen LogP contribution in [0, 0.1) is 6.92 Å². The molecule has 0 saturated carbocycles. The molecule has 0 aromatic heterocycles. The summed E-state index contributed by atoms with van der Waals surface area (Å²) < 4.78 is 0. The van der Waals surface area contributed by atoms with Gasteiger partial charge in [0.2, 0.25) is 11.8 Å². The lowest BCUT2D eigenvalue weighted by Gasteiger charge is -2.17. The lowest BCUT2D eigenvalue weighted by atomic mass is 10.1. The highest BCUT2D eigenvalue weighted by Crippen LogP contribution is 2.08. The number of aryl methyl sites for hydroxylation is 1. The van der Waals surface area contributed by atoms with Crippen molar-refractivity contribution < 1.29 is 9.59 Å². The molecule has 2 N–H and O–H groups in total. The van der Waals surface area contributed by atoms with Crippen molar-refractivity contribution >= 4 is 11.8 Å². The summed E-state index contributed by atoms with van der Waals surface area (Å²) in [6, 6.07) is 8.15. The van der Waals surface area contributed by atoms with Crippen LogP contribution >= 0.6 is 0 Å². The van der Waals surface area contributed by atoms with Gasteiger partial charge in [0, 0.05) is 26.6 Å². The van der Waals surface area contributed by atoms with Gasteiger partial charge in [-0.05, 0) is 25.1 Å². The number of likely N-dealkylation sites (N-methyl/N-ethyl adjacent to an activating group) is 1. The summed E-state index contributed by atoms with van der Waals surface area (Å²) in [6.45, 7) is 5.52. The Morgan fingerprint density at radius 3 is 2.45 bits per heavy atom. The summed E-state index contributed by atoms with van der Waals surface area (Å²) in [4.78, 5) is 24.3. The molecule has 1 aromatic rings. The summed E-state index contributed by atoms with van der Waals surface area (Å²) in [5.41, 5.74) is 2.45. The van der Waals surface area contributed by atoms with E-state index in [1.807, 2.05) is 24.1 Å². The van der Waals surface area contributed by atoms with Crippen molar-refractivity contribution in [1.82, 2.24) is 15.5 Å². The average Bonchev–Trinajstić information content (AvgIpc) is 2.37. The number of nitrogens with one attached hydrogen (secondary N) is 2. The second-order valence-corrected chi connectivity index (χ2v) is 4.93. The Hall–Kier alpha value is -1.88. The third-order valence-corrected chi connectivity index (χ3v) is 2.94. The Bertz CT molecular complexity index is 460. The molecule has 0 radical (unpaired) electrons. The second kappa shape index (κ2) is 8.32. The van der Waals surface area contributed by atoms with Crippen LogP contribution in [0.15, 0.2) is 24.3 Å². The lowest BCUT2D eigenvalue weighted by molar-refractivity contribution is -0.122. The van der Waals surface area contributed by atoms with Gasteiger partial charge in [0.1, 0.15) is 0 Å². The van der Waals surface area contributed by atoms with Gasteiger partial charge in [0.15, 0.2) is 0 Å². The van der Waals surface area contributed by atoms with Crippen molar-refractivity contribution in [2.75, 3.05) is 26.7 Å². The summed E-state index contributed by atoms with van der Waals surface area (Å²) >= 11 is 0. The van der Waals surface area contributed by atoms with Crippen LogP contribution in [0.1, 0.15) is 18.1 Å². The Kier molecular flexibility index (Phi) is 6.73. The number of rotatable bonds is 7. The quantitative estimate of drug-likeness (QED) is 0.721. The second-order valence-electron chi connectivity index (χ2n) is 4.93. The van der Waals surface area contributed by atoms with Gasteiger partial charge in [0.25, 0.3) is 0 Å². The highest BCUT2D eigenvalue weighted by Gasteiger charge is 2.07. The Balaban J connectivity index is 2.28. The van der Waals surface area contributed by atoms with Gasteiger partial charge in [-0.3, -0.25) is 14.5 Å². The first kappa shape index (κ1) is 16.2. The molecule has 0 aliphatic heterocycles. The van der Waals surface area contributed by atoms with Crippen molar-refractivity contribution in [2.45, 2.75) is 20.4 Å². The van der Waals surface area contributed by atoms with Crippen molar-refractivity contribution in [3.63, 3.8) is 0 Å². The predicted molar refractivity (Wildman–Crippen MR) is 79.2 cm³/mol. The molecular weight excluding hydrogens is 254 g/mol. The fourth-order valence-electron chi connectivity index (χ4n) is 1.88. The molecule has 0 aliphatic carbocycles. The number of carbonyl (C=O) groups excluding carboxylic acids is 2. The number of hydrogen-bond acceptors (Lipinski definition) is 3. The number of benzene rings is 1. The Morgan fingerprint density at radius 2 is 1.80 bits per heavy atom. The Morgan fingerprint density at radius 1 is 1.15 bits per heavy atom. The zero-order chi connectivity index (χ0) is 15.0. The van der Waals surface area contributed by atoms with Gasteiger partial charge in [-0.15, -0.1) is 0 Å². The van der Waals surface area contributed by atoms with Crippen molar-refractivity contribution in [2.24, 2.45) is 0 Å². The van der Waals surface area contributed by atoms with E-state index in [1.54, 1.807) is 0 Å². The van der Waals surface area contributed by atoms with E-state index in [1.165, 1.54) is 18.1 Å². The molecule has 1 rings (SSSR count). The minimum Gasteiger partial charge on any atom is -0.355 e. The molecule has 5 nitrogen and oxygen atoms in total. The molecule has 0 saturated heterocycles. The van der Waals surface area contributed by atoms with Crippen LogP contribution in [0.4, 0.5) is 0 Å². The van der Waals surface area contributed by atoms with E-state index in [0.29, 0.717) is 19.6 Å². The largest absolute Gasteiger partial charge is 0.355 e. The smallest absolute Gasteiger partial charge is 0.234 e. The van der Waals surface area contributed by atoms with E-state index in [9.17, 15) is 9.59 Å². The van der Waals surface area contributed by atoms with E-state index < -0.39 is 0 Å². The first-order valence-corrected chi connectivity index (χ1v) is 6.73. The minimum atomic E-state index is -0.0871. The first-order chi connectivity index (χ1) is 9.49. The molecule has 0 heterocycles. The van der Waals surface area contributed by atoms with Gasteiger partial charge in [-0.1, -0.05) is 24.3 Å². The van der Waals surface area contributed by atoms with E-state index in [0.717, 1.165) is 6.54 Å². The number of carbonyl (C=O) groups is 2. The van der Waals surface area contributed by atoms with Gasteiger partial charge in [-0.2, -0.15) is 0 Å². The fourth-order valence-corrected chi connectivity index (χ4v) is 1.88. The summed E-state index contributed by atoms with van der Waals surface area (Å²) in [7, 11) is 1.92. The zero-order valence-corrected chi connectivity index (χ0v) is 12.4. The van der Waals surface area contributed by atoms with Gasteiger partial charge >= 0.3 is 0 Å². The molecule has 0 atom stereocenters. The molecule has 0 fully saturated rings. The van der Waals surface area contributed by atoms with Crippen molar-refractivity contribution in [1.29, 1.82) is 0 Å². The average molecular weight is 277 g/mol. The zero-order valence-electron chi connectivity index (χ0n) is 12.4. The number of hydrogen-bond donors (Lipinski definition) is 2. The molecule has 20 heavy (non-hydrogen) atoms. The van der Waals surface area contributed by atoms with Gasteiger partial charge in [0.05, 0.1) is 6.54 Å². The molecule has 5 heteroatoms. The van der Waals surface area contributed by atoms with Crippen molar-refractivity contribution in [3.05, 3.63) is 35.4 Å². The highest BCUT2D eigenvalue weighted by atomic mass is 16.2. The monoisotopic (exact) mass is 277 g/mol. The predicted octanol–water partition coefficient (Wildman–Crippen LogP) is 0.679. The number of amides is 2. The molecule has 0 unspecified atom stereocenters. The standard InChI is InChI=1S/C15H23N3O2/c1-12-6-4-5-7-14(12)10-18(3)11-15(20)17-9-8-16-13(2)19/h4-7H,8-11H2,1-3H3,(H,16,19)(H,17,20). The SMILES string of the molecule is CC(=O)NCCNC(=O)CN(C)Cc1ccccc1C. The van der Waals surface area contributed by atoms with E-state index in [2.05, 4.69) is 29.7 Å². The van der Waals surface area contributed by atoms with Crippen LogP contribution in [0.25, 0.3) is 0 Å². The maximum Gasteiger partial charge on any atom is 0.234 e. The molecular formula is C15H23N3O2. The summed E-state index contributed by atoms with van der Waals surface area (Å²) in [5, 5.41) is 5.41. The maximum absolute atomic E-state index is 11.7. The molecule has 0 bridgehead atoms. The molecule has 2 amide bonds. The molecule has 0 spiro atoms. The highest BCUT2D eigenvalue weighted by molar-refractivity contribution is 5.78. The summed E-state index contributed by atoms with van der Waals surface area (Å²) in [5.74, 6) is -0.123. The first-order valence-electron chi connectivity index (χ1n) is 6.73. The molecule has 1 aromatic carbocycles. The van der Waals surface area contributed by atoms with Crippen LogP contribution in [0.3, 0.4) is 0 Å². The van der Waals surface area contributed by atoms with Gasteiger partial charge in [-0.25, -0.2) is 0 Å². The topological polar surface area (TPSA) is 61.4 Å². The third-order valence-electron chi connectivity index (χ3n) is 2.94. The van der Waals surface area contributed by atoms with E-state index in [-0.39, 0.29) is 11.8 Å². The van der Waals surface area contributed by atoms with E-state index >= 15 is 0 Å². The van der Waals surface area contributed by atoms with Crippen LogP contribution < -0.4 is 10.6 Å².